The van der Waals surface area contributed by atoms with Crippen molar-refractivity contribution >= 4 is 39.2 Å². The molecule has 0 bridgehead atoms. The van der Waals surface area contributed by atoms with E-state index in [9.17, 15) is 9.59 Å². The number of fused-ring (bicyclic) bond motifs is 3. The molecule has 0 saturated carbocycles. The highest BCUT2D eigenvalue weighted by Gasteiger charge is 2.26. The van der Waals surface area contributed by atoms with Crippen molar-refractivity contribution in [3.8, 4) is 0 Å². The van der Waals surface area contributed by atoms with Crippen molar-refractivity contribution in [1.29, 1.82) is 0 Å². The molecule has 2 aliphatic rings. The third-order valence-corrected chi connectivity index (χ3v) is 8.17. The van der Waals surface area contributed by atoms with Crippen molar-refractivity contribution < 1.29 is 9.21 Å². The zero-order valence-electron chi connectivity index (χ0n) is 17.1. The average Bonchev–Trinajstić information content (AvgIpc) is 3.49. The zero-order valence-corrected chi connectivity index (χ0v) is 18.7. The highest BCUT2D eigenvalue weighted by molar-refractivity contribution is 7.99. The number of hydrogen-bond acceptors (Lipinski definition) is 6. The Balaban J connectivity index is 1.53. The van der Waals surface area contributed by atoms with Crippen LogP contribution in [-0.2, 0) is 24.2 Å². The van der Waals surface area contributed by atoms with Crippen LogP contribution in [0.4, 0.5) is 0 Å². The van der Waals surface area contributed by atoms with Crippen LogP contribution in [0.5, 0.6) is 0 Å². The number of aryl methyl sites for hydroxylation is 1. The molecular formula is C22H25N3O3S2. The van der Waals surface area contributed by atoms with Crippen molar-refractivity contribution in [2.24, 2.45) is 5.92 Å². The Morgan fingerprint density at radius 1 is 1.37 bits per heavy atom. The summed E-state index contributed by atoms with van der Waals surface area (Å²) >= 11 is 3.02. The predicted octanol–water partition coefficient (Wildman–Crippen LogP) is 3.94. The lowest BCUT2D eigenvalue weighted by molar-refractivity contribution is -0.127. The smallest absolute Gasteiger partial charge is 0.263 e. The molecule has 1 fully saturated rings. The molecule has 5 rings (SSSR count). The average molecular weight is 444 g/mol. The van der Waals surface area contributed by atoms with Gasteiger partial charge in [0, 0.05) is 18.0 Å². The van der Waals surface area contributed by atoms with Gasteiger partial charge in [-0.05, 0) is 55.7 Å². The Morgan fingerprint density at radius 3 is 2.97 bits per heavy atom. The van der Waals surface area contributed by atoms with Crippen LogP contribution in [0.25, 0.3) is 10.2 Å². The fourth-order valence-corrected chi connectivity index (χ4v) is 6.72. The molecule has 3 aromatic heterocycles. The maximum atomic E-state index is 13.6. The number of aromatic nitrogens is 2. The minimum absolute atomic E-state index is 0.0143. The van der Waals surface area contributed by atoms with E-state index < -0.39 is 0 Å². The molecule has 0 N–H and O–H groups in total. The van der Waals surface area contributed by atoms with Gasteiger partial charge in [0.2, 0.25) is 5.91 Å². The van der Waals surface area contributed by atoms with Gasteiger partial charge in [0.05, 0.1) is 23.9 Å². The number of carbonyl (C=O) groups excluding carboxylic acids is 1. The first-order valence-electron chi connectivity index (χ1n) is 10.6. The van der Waals surface area contributed by atoms with Crippen LogP contribution in [0.15, 0.2) is 32.8 Å². The molecule has 1 unspecified atom stereocenters. The molecule has 158 valence electrons. The molecule has 0 radical (unpaired) electrons. The summed E-state index contributed by atoms with van der Waals surface area (Å²) in [5.41, 5.74) is 1.17. The van der Waals surface area contributed by atoms with Crippen LogP contribution in [0.3, 0.4) is 0 Å². The fourth-order valence-electron chi connectivity index (χ4n) is 4.40. The van der Waals surface area contributed by atoms with Crippen molar-refractivity contribution in [2.45, 2.75) is 50.7 Å². The largest absolute Gasteiger partial charge is 0.467 e. The van der Waals surface area contributed by atoms with E-state index in [2.05, 4.69) is 6.92 Å². The number of hydrogen-bond donors (Lipinski definition) is 0. The lowest BCUT2D eigenvalue weighted by Crippen LogP contribution is -2.30. The molecule has 0 aromatic carbocycles. The van der Waals surface area contributed by atoms with Gasteiger partial charge in [-0.1, -0.05) is 18.7 Å². The molecule has 1 aliphatic carbocycles. The zero-order chi connectivity index (χ0) is 20.7. The van der Waals surface area contributed by atoms with Gasteiger partial charge in [-0.25, -0.2) is 4.98 Å². The Hall–Kier alpha value is -2.06. The molecule has 6 nitrogen and oxygen atoms in total. The summed E-state index contributed by atoms with van der Waals surface area (Å²) in [4.78, 5) is 35.0. The Labute approximate surface area is 183 Å². The highest BCUT2D eigenvalue weighted by atomic mass is 32.2. The number of nitrogens with zero attached hydrogens (tertiary/aromatic N) is 3. The first kappa shape index (κ1) is 19.9. The second kappa shape index (κ2) is 8.23. The van der Waals surface area contributed by atoms with E-state index in [0.29, 0.717) is 29.1 Å². The number of likely N-dealkylation sites (tertiary alicyclic amines) is 1. The van der Waals surface area contributed by atoms with Crippen molar-refractivity contribution in [1.82, 2.24) is 14.5 Å². The second-order valence-corrected chi connectivity index (χ2v) is 10.3. The van der Waals surface area contributed by atoms with E-state index >= 15 is 0 Å². The van der Waals surface area contributed by atoms with Gasteiger partial charge >= 0.3 is 0 Å². The standard InChI is InChI=1S/C22H25N3O3S2/c1-14-6-7-16-17(11-14)30-20-19(16)21(27)25(12-15-5-4-10-28-15)22(23-20)29-13-18(26)24-8-2-3-9-24/h4-5,10,14H,2-3,6-9,11-13H2,1H3. The summed E-state index contributed by atoms with van der Waals surface area (Å²) < 4.78 is 7.19. The minimum atomic E-state index is -0.0143. The quantitative estimate of drug-likeness (QED) is 0.441. The third-order valence-electron chi connectivity index (χ3n) is 6.06. The summed E-state index contributed by atoms with van der Waals surface area (Å²) in [5.74, 6) is 1.78. The fraction of sp³-hybridized carbons (Fsp3) is 0.500. The predicted molar refractivity (Wildman–Crippen MR) is 119 cm³/mol. The molecule has 1 atom stereocenters. The number of carbonyl (C=O) groups is 1. The monoisotopic (exact) mass is 443 g/mol. The van der Waals surface area contributed by atoms with E-state index in [-0.39, 0.29) is 11.5 Å². The number of thiophene rings is 1. The highest BCUT2D eigenvalue weighted by Crippen LogP contribution is 2.36. The molecule has 30 heavy (non-hydrogen) atoms. The van der Waals surface area contributed by atoms with Gasteiger partial charge in [-0.3, -0.25) is 14.2 Å². The maximum Gasteiger partial charge on any atom is 0.263 e. The molecule has 3 aromatic rings. The number of amides is 1. The molecule has 1 aliphatic heterocycles. The third kappa shape index (κ3) is 3.71. The van der Waals surface area contributed by atoms with Gasteiger partial charge in [-0.15, -0.1) is 11.3 Å². The Kier molecular flexibility index (Phi) is 5.45. The summed E-state index contributed by atoms with van der Waals surface area (Å²) in [6.45, 7) is 4.26. The van der Waals surface area contributed by atoms with Crippen LogP contribution in [0, 0.1) is 5.92 Å². The first-order chi connectivity index (χ1) is 14.6. The van der Waals surface area contributed by atoms with Crippen molar-refractivity contribution in [3.63, 3.8) is 0 Å². The number of rotatable bonds is 5. The van der Waals surface area contributed by atoms with Crippen LogP contribution in [0.2, 0.25) is 0 Å². The molecule has 4 heterocycles. The second-order valence-electron chi connectivity index (χ2n) is 8.27. The maximum absolute atomic E-state index is 13.6. The lowest BCUT2D eigenvalue weighted by atomic mass is 9.89. The van der Waals surface area contributed by atoms with E-state index in [1.807, 2.05) is 17.0 Å². The minimum Gasteiger partial charge on any atom is -0.467 e. The first-order valence-corrected chi connectivity index (χ1v) is 12.4. The Morgan fingerprint density at radius 2 is 2.20 bits per heavy atom. The molecular weight excluding hydrogens is 418 g/mol. The van der Waals surface area contributed by atoms with Gasteiger partial charge < -0.3 is 9.32 Å². The molecule has 8 heteroatoms. The number of furan rings is 1. The lowest BCUT2D eigenvalue weighted by Gasteiger charge is -2.18. The van der Waals surface area contributed by atoms with Crippen molar-refractivity contribution in [2.75, 3.05) is 18.8 Å². The van der Waals surface area contributed by atoms with E-state index in [1.165, 1.54) is 22.2 Å². The molecule has 0 spiro atoms. The van der Waals surface area contributed by atoms with Crippen LogP contribution < -0.4 is 5.56 Å². The van der Waals surface area contributed by atoms with E-state index in [4.69, 9.17) is 9.40 Å². The summed E-state index contributed by atoms with van der Waals surface area (Å²) in [5, 5.41) is 1.37. The summed E-state index contributed by atoms with van der Waals surface area (Å²) in [6.07, 6.45) is 6.82. The van der Waals surface area contributed by atoms with Gasteiger partial charge in [-0.2, -0.15) is 0 Å². The summed E-state index contributed by atoms with van der Waals surface area (Å²) in [6, 6.07) is 3.69. The van der Waals surface area contributed by atoms with Crippen LogP contribution in [0.1, 0.15) is 42.4 Å². The topological polar surface area (TPSA) is 68.3 Å². The molecule has 1 saturated heterocycles. The van der Waals surface area contributed by atoms with E-state index in [1.54, 1.807) is 22.2 Å². The number of thioether (sulfide) groups is 1. The Bertz CT molecular complexity index is 1130. The van der Waals surface area contributed by atoms with Gasteiger partial charge in [0.15, 0.2) is 5.16 Å². The normalized spacial score (nSPS) is 18.8. The molecule has 1 amide bonds. The van der Waals surface area contributed by atoms with Gasteiger partial charge in [0.25, 0.3) is 5.56 Å². The van der Waals surface area contributed by atoms with Crippen LogP contribution in [-0.4, -0.2) is 39.2 Å². The van der Waals surface area contributed by atoms with Crippen LogP contribution >= 0.6 is 23.1 Å². The van der Waals surface area contributed by atoms with E-state index in [0.717, 1.165) is 55.4 Å². The van der Waals surface area contributed by atoms with Crippen molar-refractivity contribution in [3.05, 3.63) is 45.0 Å². The SMILES string of the molecule is CC1CCc2c(sc3nc(SCC(=O)N4CCCC4)n(Cc4ccco4)c(=O)c23)C1. The summed E-state index contributed by atoms with van der Waals surface area (Å²) in [7, 11) is 0. The van der Waals surface area contributed by atoms with Gasteiger partial charge in [0.1, 0.15) is 10.6 Å².